The third kappa shape index (κ3) is 4.13. The highest BCUT2D eigenvalue weighted by Crippen LogP contribution is 2.33. The van der Waals surface area contributed by atoms with Crippen LogP contribution in [0.2, 0.25) is 5.02 Å². The van der Waals surface area contributed by atoms with Gasteiger partial charge in [0.05, 0.1) is 12.8 Å². The van der Waals surface area contributed by atoms with Crippen molar-refractivity contribution in [2.24, 2.45) is 0 Å². The highest BCUT2D eigenvalue weighted by Gasteiger charge is 2.13. The zero-order chi connectivity index (χ0) is 18.5. The van der Waals surface area contributed by atoms with E-state index in [1.54, 1.807) is 61.7 Å². The first-order valence-electron chi connectivity index (χ1n) is 7.74. The lowest BCUT2D eigenvalue weighted by molar-refractivity contribution is 0.102. The smallest absolute Gasteiger partial charge is 0.255 e. The lowest BCUT2D eigenvalue weighted by Crippen LogP contribution is -2.12. The maximum atomic E-state index is 13.8. The quantitative estimate of drug-likeness (QED) is 0.641. The third-order valence-corrected chi connectivity index (χ3v) is 3.83. The Hall–Kier alpha value is -3.05. The molecule has 0 aliphatic heterocycles. The first-order chi connectivity index (χ1) is 12.6. The van der Waals surface area contributed by atoms with Gasteiger partial charge in [-0.2, -0.15) is 0 Å². The molecule has 4 nitrogen and oxygen atoms in total. The van der Waals surface area contributed by atoms with E-state index in [0.29, 0.717) is 22.0 Å². The van der Waals surface area contributed by atoms with Crippen LogP contribution in [-0.4, -0.2) is 13.0 Å². The van der Waals surface area contributed by atoms with Gasteiger partial charge in [-0.25, -0.2) is 4.39 Å². The van der Waals surface area contributed by atoms with Crippen molar-refractivity contribution in [1.82, 2.24) is 0 Å². The van der Waals surface area contributed by atoms with Crippen molar-refractivity contribution in [3.8, 4) is 17.2 Å². The highest BCUT2D eigenvalue weighted by molar-refractivity contribution is 6.31. The molecule has 0 atom stereocenters. The minimum Gasteiger partial charge on any atom is -0.497 e. The number of hydrogen-bond donors (Lipinski definition) is 1. The largest absolute Gasteiger partial charge is 0.497 e. The van der Waals surface area contributed by atoms with Crippen molar-refractivity contribution in [3.05, 3.63) is 83.1 Å². The van der Waals surface area contributed by atoms with Crippen LogP contribution >= 0.6 is 11.6 Å². The topological polar surface area (TPSA) is 47.6 Å². The fraction of sp³-hybridized carbons (Fsp3) is 0.0500. The molecule has 0 fully saturated rings. The Balaban J connectivity index is 1.85. The number of hydrogen-bond acceptors (Lipinski definition) is 3. The van der Waals surface area contributed by atoms with Crippen LogP contribution in [0, 0.1) is 5.82 Å². The molecule has 26 heavy (non-hydrogen) atoms. The first kappa shape index (κ1) is 17.8. The molecule has 0 aliphatic carbocycles. The summed E-state index contributed by atoms with van der Waals surface area (Å²) in [7, 11) is 1.55. The first-order valence-corrected chi connectivity index (χ1v) is 8.12. The van der Waals surface area contributed by atoms with E-state index in [9.17, 15) is 9.18 Å². The number of halogens is 2. The van der Waals surface area contributed by atoms with E-state index in [1.807, 2.05) is 0 Å². The van der Waals surface area contributed by atoms with Crippen molar-refractivity contribution in [2.45, 2.75) is 0 Å². The van der Waals surface area contributed by atoms with Crippen molar-refractivity contribution in [2.75, 3.05) is 12.4 Å². The van der Waals surface area contributed by atoms with Crippen LogP contribution in [0.5, 0.6) is 17.2 Å². The molecule has 3 aromatic carbocycles. The summed E-state index contributed by atoms with van der Waals surface area (Å²) in [5, 5.41) is 3.15. The van der Waals surface area contributed by atoms with Gasteiger partial charge < -0.3 is 14.8 Å². The van der Waals surface area contributed by atoms with Crippen molar-refractivity contribution in [1.29, 1.82) is 0 Å². The average Bonchev–Trinajstić information content (AvgIpc) is 2.65. The van der Waals surface area contributed by atoms with E-state index in [4.69, 9.17) is 21.1 Å². The summed E-state index contributed by atoms with van der Waals surface area (Å²) < 4.78 is 24.5. The van der Waals surface area contributed by atoms with Gasteiger partial charge in [-0.05, 0) is 54.6 Å². The van der Waals surface area contributed by atoms with Crippen molar-refractivity contribution >= 4 is 23.2 Å². The molecule has 0 saturated carbocycles. The van der Waals surface area contributed by atoms with Gasteiger partial charge in [0.25, 0.3) is 5.91 Å². The molecule has 0 unspecified atom stereocenters. The standard InChI is InChI=1S/C20H15ClFNO3/c1-25-15-9-6-13(7-10-15)20(24)23-17-12-14(21)8-11-19(17)26-18-5-3-2-4-16(18)22/h2-12H,1H3,(H,23,24). The number of benzene rings is 3. The normalized spacial score (nSPS) is 10.3. The molecule has 3 aromatic rings. The van der Waals surface area contributed by atoms with Crippen LogP contribution in [0.15, 0.2) is 66.7 Å². The van der Waals surface area contributed by atoms with E-state index in [-0.39, 0.29) is 17.4 Å². The number of ether oxygens (including phenoxy) is 2. The zero-order valence-corrected chi connectivity index (χ0v) is 14.6. The minimum atomic E-state index is -0.505. The van der Waals surface area contributed by atoms with Gasteiger partial charge in [-0.3, -0.25) is 4.79 Å². The molecule has 0 heterocycles. The summed E-state index contributed by atoms with van der Waals surface area (Å²) in [6.45, 7) is 0. The zero-order valence-electron chi connectivity index (χ0n) is 13.8. The second-order valence-corrected chi connectivity index (χ2v) is 5.79. The maximum Gasteiger partial charge on any atom is 0.255 e. The highest BCUT2D eigenvalue weighted by atomic mass is 35.5. The van der Waals surface area contributed by atoms with E-state index >= 15 is 0 Å². The molecular formula is C20H15ClFNO3. The van der Waals surface area contributed by atoms with Gasteiger partial charge in [0.1, 0.15) is 5.75 Å². The van der Waals surface area contributed by atoms with Crippen LogP contribution in [0.25, 0.3) is 0 Å². The molecule has 0 spiro atoms. The summed E-state index contributed by atoms with van der Waals surface area (Å²) in [4.78, 5) is 12.5. The van der Waals surface area contributed by atoms with Gasteiger partial charge >= 0.3 is 0 Å². The van der Waals surface area contributed by atoms with Gasteiger partial charge in [-0.15, -0.1) is 0 Å². The van der Waals surface area contributed by atoms with E-state index in [0.717, 1.165) is 0 Å². The van der Waals surface area contributed by atoms with Crippen LogP contribution < -0.4 is 14.8 Å². The number of amides is 1. The third-order valence-electron chi connectivity index (χ3n) is 3.60. The Labute approximate surface area is 155 Å². The van der Waals surface area contributed by atoms with Crippen molar-refractivity contribution in [3.63, 3.8) is 0 Å². The predicted molar refractivity (Wildman–Crippen MR) is 98.9 cm³/mol. The molecule has 0 saturated heterocycles. The fourth-order valence-corrected chi connectivity index (χ4v) is 2.44. The summed E-state index contributed by atoms with van der Waals surface area (Å²) in [6.07, 6.45) is 0. The molecule has 3 rings (SSSR count). The SMILES string of the molecule is COc1ccc(C(=O)Nc2cc(Cl)ccc2Oc2ccccc2F)cc1. The minimum absolute atomic E-state index is 0.0507. The van der Waals surface area contributed by atoms with Gasteiger partial charge in [0, 0.05) is 10.6 Å². The number of methoxy groups -OCH3 is 1. The number of para-hydroxylation sites is 1. The monoisotopic (exact) mass is 371 g/mol. The number of rotatable bonds is 5. The molecular weight excluding hydrogens is 357 g/mol. The molecule has 0 aromatic heterocycles. The van der Waals surface area contributed by atoms with Gasteiger partial charge in [0.15, 0.2) is 17.3 Å². The summed E-state index contributed by atoms with van der Waals surface area (Å²) >= 11 is 6.02. The number of carbonyl (C=O) groups is 1. The Morgan fingerprint density at radius 1 is 1.00 bits per heavy atom. The molecule has 132 valence electrons. The molecule has 0 bridgehead atoms. The molecule has 1 N–H and O–H groups in total. The molecule has 6 heteroatoms. The van der Waals surface area contributed by atoms with Crippen molar-refractivity contribution < 1.29 is 18.7 Å². The Morgan fingerprint density at radius 2 is 1.73 bits per heavy atom. The van der Waals surface area contributed by atoms with Crippen LogP contribution in [0.1, 0.15) is 10.4 Å². The molecule has 0 aliphatic rings. The maximum absolute atomic E-state index is 13.8. The second-order valence-electron chi connectivity index (χ2n) is 5.36. The second kappa shape index (κ2) is 7.89. The van der Waals surface area contributed by atoms with Gasteiger partial charge in [0.2, 0.25) is 0 Å². The Morgan fingerprint density at radius 3 is 2.42 bits per heavy atom. The summed E-state index contributed by atoms with van der Waals surface area (Å²) in [5.74, 6) is 0.118. The lowest BCUT2D eigenvalue weighted by atomic mass is 10.2. The van der Waals surface area contributed by atoms with Crippen LogP contribution in [0.3, 0.4) is 0 Å². The van der Waals surface area contributed by atoms with E-state index in [2.05, 4.69) is 5.32 Å². The summed E-state index contributed by atoms with van der Waals surface area (Å²) in [6, 6.07) is 17.4. The average molecular weight is 372 g/mol. The number of nitrogens with one attached hydrogen (secondary N) is 1. The Kier molecular flexibility index (Phi) is 5.39. The lowest BCUT2D eigenvalue weighted by Gasteiger charge is -2.13. The molecule has 0 radical (unpaired) electrons. The number of carbonyl (C=O) groups excluding carboxylic acids is 1. The van der Waals surface area contributed by atoms with Crippen LogP contribution in [0.4, 0.5) is 10.1 Å². The predicted octanol–water partition coefficient (Wildman–Crippen LogP) is 5.53. The Bertz CT molecular complexity index is 929. The van der Waals surface area contributed by atoms with E-state index in [1.165, 1.54) is 12.1 Å². The molecule has 1 amide bonds. The van der Waals surface area contributed by atoms with E-state index < -0.39 is 5.82 Å². The van der Waals surface area contributed by atoms with Crippen LogP contribution in [-0.2, 0) is 0 Å². The number of anilines is 1. The van der Waals surface area contributed by atoms with Gasteiger partial charge in [-0.1, -0.05) is 23.7 Å². The summed E-state index contributed by atoms with van der Waals surface area (Å²) in [5.41, 5.74) is 0.768. The fourth-order valence-electron chi connectivity index (χ4n) is 2.27.